The zero-order valence-corrected chi connectivity index (χ0v) is 9.77. The molecule has 0 saturated carbocycles. The maximum absolute atomic E-state index is 11.9. The van der Waals surface area contributed by atoms with Crippen molar-refractivity contribution < 1.29 is 14.3 Å². The van der Waals surface area contributed by atoms with E-state index in [0.29, 0.717) is 13.0 Å². The van der Waals surface area contributed by atoms with Crippen molar-refractivity contribution in [3.8, 4) is 6.07 Å². The smallest absolute Gasteiger partial charge is 0.410 e. The van der Waals surface area contributed by atoms with E-state index >= 15 is 0 Å². The second kappa shape index (κ2) is 3.63. The molecule has 0 aromatic carbocycles. The van der Waals surface area contributed by atoms with Gasteiger partial charge in [-0.2, -0.15) is 5.26 Å². The van der Waals surface area contributed by atoms with Crippen LogP contribution in [-0.2, 0) is 9.47 Å². The van der Waals surface area contributed by atoms with Crippen LogP contribution in [0.5, 0.6) is 0 Å². The maximum atomic E-state index is 11.9. The molecule has 0 N–H and O–H groups in total. The summed E-state index contributed by atoms with van der Waals surface area (Å²) in [6.07, 6.45) is 0.127. The Balaban J connectivity index is 1.99. The molecule has 2 saturated heterocycles. The van der Waals surface area contributed by atoms with Crippen LogP contribution in [0.2, 0.25) is 0 Å². The van der Waals surface area contributed by atoms with E-state index in [1.807, 2.05) is 20.8 Å². The lowest BCUT2D eigenvalue weighted by molar-refractivity contribution is 0.0129. The predicted octanol–water partition coefficient (Wildman–Crippen LogP) is 1.29. The first kappa shape index (κ1) is 11.2. The number of nitriles is 1. The van der Waals surface area contributed by atoms with E-state index in [4.69, 9.17) is 14.7 Å². The number of epoxide rings is 1. The van der Waals surface area contributed by atoms with Crippen molar-refractivity contribution in [3.63, 3.8) is 0 Å². The molecule has 5 nitrogen and oxygen atoms in total. The maximum Gasteiger partial charge on any atom is 0.410 e. The van der Waals surface area contributed by atoms with Gasteiger partial charge in [0, 0.05) is 0 Å². The number of ether oxygens (including phenoxy) is 2. The zero-order valence-electron chi connectivity index (χ0n) is 9.77. The van der Waals surface area contributed by atoms with E-state index in [0.717, 1.165) is 0 Å². The lowest BCUT2D eigenvalue weighted by atomic mass is 10.1. The summed E-state index contributed by atoms with van der Waals surface area (Å²) in [5.41, 5.74) is -0.498. The zero-order chi connectivity index (χ0) is 11.9. The summed E-state index contributed by atoms with van der Waals surface area (Å²) in [5.74, 6) is 0. The lowest BCUT2D eigenvalue weighted by Gasteiger charge is -2.28. The van der Waals surface area contributed by atoms with Gasteiger partial charge in [0.2, 0.25) is 0 Å². The van der Waals surface area contributed by atoms with E-state index in [2.05, 4.69) is 6.07 Å². The third-order valence-corrected chi connectivity index (χ3v) is 2.71. The first-order valence-electron chi connectivity index (χ1n) is 5.44. The van der Waals surface area contributed by atoms with E-state index in [-0.39, 0.29) is 24.3 Å². The molecule has 3 atom stereocenters. The van der Waals surface area contributed by atoms with Crippen LogP contribution in [0.1, 0.15) is 27.2 Å². The normalized spacial score (nSPS) is 31.9. The second-order valence-corrected chi connectivity index (χ2v) is 5.20. The minimum atomic E-state index is -0.498. The second-order valence-electron chi connectivity index (χ2n) is 5.20. The Bertz CT molecular complexity index is 342. The lowest BCUT2D eigenvalue weighted by Crippen LogP contribution is -2.42. The molecule has 2 aliphatic rings. The van der Waals surface area contributed by atoms with Crippen LogP contribution in [0.15, 0.2) is 0 Å². The Morgan fingerprint density at radius 1 is 1.62 bits per heavy atom. The van der Waals surface area contributed by atoms with Crippen molar-refractivity contribution in [3.05, 3.63) is 0 Å². The van der Waals surface area contributed by atoms with Gasteiger partial charge in [0.05, 0.1) is 25.1 Å². The first-order chi connectivity index (χ1) is 7.42. The Hall–Kier alpha value is -1.28. The van der Waals surface area contributed by atoms with Crippen molar-refractivity contribution in [1.29, 1.82) is 5.26 Å². The number of rotatable bonds is 1. The Kier molecular flexibility index (Phi) is 2.55. The van der Waals surface area contributed by atoms with E-state index < -0.39 is 5.60 Å². The minimum absolute atomic E-state index is 0.0483. The van der Waals surface area contributed by atoms with Gasteiger partial charge in [0.25, 0.3) is 0 Å². The molecular formula is C11H16N2O3. The number of hydrogen-bond acceptors (Lipinski definition) is 4. The number of nitrogens with zero attached hydrogens (tertiary/aromatic N) is 2. The number of likely N-dealkylation sites (tertiary alicyclic amines) is 1. The van der Waals surface area contributed by atoms with Crippen molar-refractivity contribution in [2.75, 3.05) is 6.54 Å². The number of carbonyl (C=O) groups excluding carboxylic acids is 1. The molecule has 0 aromatic heterocycles. The molecule has 0 spiro atoms. The van der Waals surface area contributed by atoms with Gasteiger partial charge in [0.1, 0.15) is 17.8 Å². The molecule has 0 aromatic rings. The quantitative estimate of drug-likeness (QED) is 0.629. The highest BCUT2D eigenvalue weighted by molar-refractivity contribution is 5.69. The molecule has 16 heavy (non-hydrogen) atoms. The van der Waals surface area contributed by atoms with Crippen LogP contribution in [0, 0.1) is 11.3 Å². The van der Waals surface area contributed by atoms with E-state index in [1.165, 1.54) is 0 Å². The minimum Gasteiger partial charge on any atom is -0.444 e. The Morgan fingerprint density at radius 3 is 2.88 bits per heavy atom. The number of amides is 1. The Morgan fingerprint density at radius 2 is 2.31 bits per heavy atom. The van der Waals surface area contributed by atoms with Gasteiger partial charge in [-0.15, -0.1) is 0 Å². The highest BCUT2D eigenvalue weighted by Gasteiger charge is 2.56. The number of hydrogen-bond donors (Lipinski definition) is 0. The molecule has 5 heteroatoms. The molecule has 2 heterocycles. The third kappa shape index (κ3) is 2.12. The number of carbonyl (C=O) groups is 1. The molecule has 1 amide bonds. The molecular weight excluding hydrogens is 208 g/mol. The van der Waals surface area contributed by atoms with Gasteiger partial charge < -0.3 is 9.47 Å². The standard InChI is InChI=1S/C11H16N2O3/c1-11(2,3)16-10(14)13-6-8-9(15-8)7(13)4-5-12/h7-9H,4,6H2,1-3H3. The fraction of sp³-hybridized carbons (Fsp3) is 0.818. The molecule has 2 rings (SSSR count). The van der Waals surface area contributed by atoms with Crippen LogP contribution >= 0.6 is 0 Å². The summed E-state index contributed by atoms with van der Waals surface area (Å²) >= 11 is 0. The van der Waals surface area contributed by atoms with Gasteiger partial charge in [-0.05, 0) is 20.8 Å². The van der Waals surface area contributed by atoms with Crippen LogP contribution < -0.4 is 0 Å². The molecule has 2 aliphatic heterocycles. The Labute approximate surface area is 94.9 Å². The highest BCUT2D eigenvalue weighted by atomic mass is 16.6. The highest BCUT2D eigenvalue weighted by Crippen LogP contribution is 2.38. The average molecular weight is 224 g/mol. The van der Waals surface area contributed by atoms with Crippen LogP contribution in [0.25, 0.3) is 0 Å². The summed E-state index contributed by atoms with van der Waals surface area (Å²) in [6.45, 7) is 6.04. The average Bonchev–Trinajstić information content (AvgIpc) is 2.81. The van der Waals surface area contributed by atoms with Crippen LogP contribution in [0.3, 0.4) is 0 Å². The summed E-state index contributed by atoms with van der Waals surface area (Å²) in [4.78, 5) is 13.5. The summed E-state index contributed by atoms with van der Waals surface area (Å²) in [5, 5.41) is 8.71. The topological polar surface area (TPSA) is 65.9 Å². The van der Waals surface area contributed by atoms with E-state index in [1.54, 1.807) is 4.90 Å². The van der Waals surface area contributed by atoms with E-state index in [9.17, 15) is 4.79 Å². The van der Waals surface area contributed by atoms with Gasteiger partial charge in [-0.1, -0.05) is 0 Å². The molecule has 3 unspecified atom stereocenters. The third-order valence-electron chi connectivity index (χ3n) is 2.71. The first-order valence-corrected chi connectivity index (χ1v) is 5.44. The van der Waals surface area contributed by atoms with Crippen LogP contribution in [0.4, 0.5) is 4.79 Å². The fourth-order valence-electron chi connectivity index (χ4n) is 2.00. The fourth-order valence-corrected chi connectivity index (χ4v) is 2.00. The van der Waals surface area contributed by atoms with Crippen molar-refractivity contribution in [2.45, 2.75) is 51.0 Å². The van der Waals surface area contributed by atoms with Crippen molar-refractivity contribution in [1.82, 2.24) is 4.90 Å². The van der Waals surface area contributed by atoms with Gasteiger partial charge >= 0.3 is 6.09 Å². The summed E-state index contributed by atoms with van der Waals surface area (Å²) < 4.78 is 10.6. The molecule has 0 radical (unpaired) electrons. The largest absolute Gasteiger partial charge is 0.444 e. The number of fused-ring (bicyclic) bond motifs is 1. The molecule has 2 fully saturated rings. The monoisotopic (exact) mass is 224 g/mol. The molecule has 0 bridgehead atoms. The van der Waals surface area contributed by atoms with Gasteiger partial charge in [-0.3, -0.25) is 4.90 Å². The number of morpholine rings is 1. The van der Waals surface area contributed by atoms with Gasteiger partial charge in [-0.25, -0.2) is 4.79 Å². The summed E-state index contributed by atoms with van der Waals surface area (Å²) in [7, 11) is 0. The SMILES string of the molecule is CC(C)(C)OC(=O)N1CC2OC2C1CC#N. The van der Waals surface area contributed by atoms with Crippen molar-refractivity contribution >= 4 is 6.09 Å². The van der Waals surface area contributed by atoms with Gasteiger partial charge in [0.15, 0.2) is 0 Å². The predicted molar refractivity (Wildman–Crippen MR) is 55.6 cm³/mol. The van der Waals surface area contributed by atoms with Crippen molar-refractivity contribution in [2.24, 2.45) is 0 Å². The van der Waals surface area contributed by atoms with Crippen LogP contribution in [-0.4, -0.2) is 41.4 Å². The summed E-state index contributed by atoms with van der Waals surface area (Å²) in [6, 6.07) is 1.95. The molecule has 0 aliphatic carbocycles. The molecule has 88 valence electrons.